The maximum Gasteiger partial charge on any atom is 0.211 e. The molecule has 2 heterocycles. The first-order valence-corrected chi connectivity index (χ1v) is 8.43. The Balaban J connectivity index is 1.87. The zero-order valence-electron chi connectivity index (χ0n) is 11.8. The lowest BCUT2D eigenvalue weighted by molar-refractivity contribution is 0.577. The molecule has 0 radical (unpaired) electrons. The number of rotatable bonds is 7. The van der Waals surface area contributed by atoms with Gasteiger partial charge in [0.05, 0.1) is 11.4 Å². The molecule has 1 N–H and O–H groups in total. The van der Waals surface area contributed by atoms with Crippen molar-refractivity contribution in [1.29, 1.82) is 0 Å². The summed E-state index contributed by atoms with van der Waals surface area (Å²) in [5.74, 6) is 0.188. The average Bonchev–Trinajstić information content (AvgIpc) is 2.74. The van der Waals surface area contributed by atoms with Gasteiger partial charge < -0.3 is 0 Å². The number of hydrogen-bond acceptors (Lipinski definition) is 4. The van der Waals surface area contributed by atoms with Gasteiger partial charge in [0.25, 0.3) is 0 Å². The lowest BCUT2D eigenvalue weighted by atomic mass is 10.2. The third-order valence-corrected chi connectivity index (χ3v) is 4.52. The molecule has 0 aliphatic heterocycles. The van der Waals surface area contributed by atoms with Gasteiger partial charge in [-0.25, -0.2) is 22.6 Å². The molecule has 0 aliphatic rings. The summed E-state index contributed by atoms with van der Waals surface area (Å²) >= 11 is 0. The Kier molecular flexibility index (Phi) is 4.72. The van der Waals surface area contributed by atoms with E-state index in [-0.39, 0.29) is 5.75 Å². The van der Waals surface area contributed by atoms with Gasteiger partial charge in [0.2, 0.25) is 10.0 Å². The molecule has 7 heteroatoms. The summed E-state index contributed by atoms with van der Waals surface area (Å²) < 4.78 is 27.3. The first-order valence-electron chi connectivity index (χ1n) is 6.78. The van der Waals surface area contributed by atoms with Gasteiger partial charge in [-0.15, -0.1) is 0 Å². The minimum absolute atomic E-state index is 0.188. The van der Waals surface area contributed by atoms with E-state index in [0.29, 0.717) is 13.0 Å². The molecule has 2 rings (SSSR count). The molecule has 6 nitrogen and oxygen atoms in total. The fourth-order valence-corrected chi connectivity index (χ4v) is 3.16. The Hall–Kier alpha value is -1.47. The predicted octanol–water partition coefficient (Wildman–Crippen LogP) is 1.30. The highest BCUT2D eigenvalue weighted by atomic mass is 32.2. The van der Waals surface area contributed by atoms with Crippen LogP contribution in [0.1, 0.15) is 31.0 Å². The van der Waals surface area contributed by atoms with Crippen molar-refractivity contribution in [2.45, 2.75) is 33.1 Å². The number of aromatic nitrogens is 3. The molecule has 0 aromatic carbocycles. The Bertz CT molecular complexity index is 679. The molecule has 0 atom stereocenters. The maximum absolute atomic E-state index is 11.5. The van der Waals surface area contributed by atoms with E-state index in [2.05, 4.69) is 14.8 Å². The van der Waals surface area contributed by atoms with Gasteiger partial charge in [-0.1, -0.05) is 6.92 Å². The summed E-state index contributed by atoms with van der Waals surface area (Å²) in [6, 6.07) is 1.92. The fraction of sp³-hybridized carbons (Fsp3) is 0.538. The van der Waals surface area contributed by atoms with Crippen LogP contribution in [-0.2, 0) is 16.4 Å². The molecule has 0 aliphatic carbocycles. The first-order chi connectivity index (χ1) is 9.50. The van der Waals surface area contributed by atoms with Gasteiger partial charge in [-0.3, -0.25) is 0 Å². The normalized spacial score (nSPS) is 12.1. The van der Waals surface area contributed by atoms with Crippen LogP contribution in [0.4, 0.5) is 0 Å². The van der Waals surface area contributed by atoms with Crippen LogP contribution in [0.25, 0.3) is 5.65 Å². The SMILES string of the molecule is CCCS(=O)(=O)NCCCc1cnc2cc(C)nn2c1. The third kappa shape index (κ3) is 4.01. The van der Waals surface area contributed by atoms with Crippen LogP contribution in [-0.4, -0.2) is 35.3 Å². The van der Waals surface area contributed by atoms with Crippen LogP contribution in [0.2, 0.25) is 0 Å². The first kappa shape index (κ1) is 14.9. The zero-order chi connectivity index (χ0) is 14.6. The second kappa shape index (κ2) is 6.32. The average molecular weight is 296 g/mol. The minimum atomic E-state index is -3.10. The summed E-state index contributed by atoms with van der Waals surface area (Å²) in [7, 11) is -3.10. The molecule has 0 saturated carbocycles. The molecule has 0 amide bonds. The summed E-state index contributed by atoms with van der Waals surface area (Å²) in [6.07, 6.45) is 5.91. The van der Waals surface area contributed by atoms with Crippen LogP contribution >= 0.6 is 0 Å². The van der Waals surface area contributed by atoms with Crippen molar-refractivity contribution in [3.63, 3.8) is 0 Å². The van der Waals surface area contributed by atoms with Crippen molar-refractivity contribution in [2.24, 2.45) is 0 Å². The van der Waals surface area contributed by atoms with Crippen molar-refractivity contribution >= 4 is 15.7 Å². The number of fused-ring (bicyclic) bond motifs is 1. The molecule has 0 unspecified atom stereocenters. The van der Waals surface area contributed by atoms with Crippen molar-refractivity contribution in [3.05, 3.63) is 29.7 Å². The minimum Gasteiger partial charge on any atom is -0.237 e. The quantitative estimate of drug-likeness (QED) is 0.781. The van der Waals surface area contributed by atoms with Crippen molar-refractivity contribution < 1.29 is 8.42 Å². The third-order valence-electron chi connectivity index (χ3n) is 2.93. The molecule has 2 aromatic rings. The summed E-state index contributed by atoms with van der Waals surface area (Å²) in [5.41, 5.74) is 2.81. The van der Waals surface area contributed by atoms with Crippen LogP contribution < -0.4 is 4.72 Å². The monoisotopic (exact) mass is 296 g/mol. The molecule has 0 spiro atoms. The molecule has 20 heavy (non-hydrogen) atoms. The van der Waals surface area contributed by atoms with E-state index >= 15 is 0 Å². The largest absolute Gasteiger partial charge is 0.237 e. The second-order valence-electron chi connectivity index (χ2n) is 4.87. The van der Waals surface area contributed by atoms with E-state index in [0.717, 1.165) is 29.7 Å². The summed E-state index contributed by atoms with van der Waals surface area (Å²) in [5, 5.41) is 4.31. The second-order valence-corrected chi connectivity index (χ2v) is 6.79. The van der Waals surface area contributed by atoms with E-state index in [1.54, 1.807) is 4.52 Å². The Morgan fingerprint density at radius 3 is 2.95 bits per heavy atom. The van der Waals surface area contributed by atoms with Gasteiger partial charge in [0.15, 0.2) is 5.65 Å². The summed E-state index contributed by atoms with van der Waals surface area (Å²) in [4.78, 5) is 4.32. The molecule has 110 valence electrons. The van der Waals surface area contributed by atoms with Gasteiger partial charge >= 0.3 is 0 Å². The van der Waals surface area contributed by atoms with Crippen LogP contribution in [0.15, 0.2) is 18.5 Å². The summed E-state index contributed by atoms with van der Waals surface area (Å²) in [6.45, 7) is 4.24. The highest BCUT2D eigenvalue weighted by Gasteiger charge is 2.07. The predicted molar refractivity (Wildman–Crippen MR) is 78.1 cm³/mol. The number of aryl methyl sites for hydroxylation is 2. The van der Waals surface area contributed by atoms with Crippen LogP contribution in [0.5, 0.6) is 0 Å². The molecule has 2 aromatic heterocycles. The highest BCUT2D eigenvalue weighted by molar-refractivity contribution is 7.89. The maximum atomic E-state index is 11.5. The van der Waals surface area contributed by atoms with E-state index in [1.165, 1.54) is 0 Å². The van der Waals surface area contributed by atoms with E-state index < -0.39 is 10.0 Å². The molecular weight excluding hydrogens is 276 g/mol. The number of nitrogens with zero attached hydrogens (tertiary/aromatic N) is 3. The Labute approximate surface area is 119 Å². The highest BCUT2D eigenvalue weighted by Crippen LogP contribution is 2.06. The van der Waals surface area contributed by atoms with Crippen molar-refractivity contribution in [1.82, 2.24) is 19.3 Å². The number of hydrogen-bond donors (Lipinski definition) is 1. The lowest BCUT2D eigenvalue weighted by Crippen LogP contribution is -2.27. The topological polar surface area (TPSA) is 76.4 Å². The molecular formula is C13H20N4O2S. The standard InChI is InChI=1S/C13H20N4O2S/c1-3-7-20(18,19)15-6-4-5-12-9-14-13-8-11(2)16-17(13)10-12/h8-10,15H,3-7H2,1-2H3. The van der Waals surface area contributed by atoms with Crippen LogP contribution in [0.3, 0.4) is 0 Å². The number of nitrogens with one attached hydrogen (secondary N) is 1. The van der Waals surface area contributed by atoms with Gasteiger partial charge in [0.1, 0.15) is 0 Å². The van der Waals surface area contributed by atoms with Crippen LogP contribution in [0, 0.1) is 6.92 Å². The van der Waals surface area contributed by atoms with E-state index in [9.17, 15) is 8.42 Å². The van der Waals surface area contributed by atoms with Crippen molar-refractivity contribution in [2.75, 3.05) is 12.3 Å². The molecule has 0 saturated heterocycles. The fourth-order valence-electron chi connectivity index (χ4n) is 2.02. The van der Waals surface area contributed by atoms with Gasteiger partial charge in [-0.05, 0) is 31.7 Å². The lowest BCUT2D eigenvalue weighted by Gasteiger charge is -2.05. The van der Waals surface area contributed by atoms with Crippen molar-refractivity contribution in [3.8, 4) is 0 Å². The molecule has 0 fully saturated rings. The smallest absolute Gasteiger partial charge is 0.211 e. The zero-order valence-corrected chi connectivity index (χ0v) is 12.7. The van der Waals surface area contributed by atoms with E-state index in [1.807, 2.05) is 32.3 Å². The van der Waals surface area contributed by atoms with E-state index in [4.69, 9.17) is 0 Å². The molecule has 0 bridgehead atoms. The number of sulfonamides is 1. The van der Waals surface area contributed by atoms with Gasteiger partial charge in [0, 0.05) is 25.0 Å². The Morgan fingerprint density at radius 2 is 2.20 bits per heavy atom. The van der Waals surface area contributed by atoms with Gasteiger partial charge in [-0.2, -0.15) is 5.10 Å². The Morgan fingerprint density at radius 1 is 1.40 bits per heavy atom.